The third kappa shape index (κ3) is 3.78. The highest BCUT2D eigenvalue weighted by Crippen LogP contribution is 2.25. The van der Waals surface area contributed by atoms with Crippen molar-refractivity contribution in [1.29, 1.82) is 0 Å². The molecule has 110 valence electrons. The van der Waals surface area contributed by atoms with Gasteiger partial charge in [-0.25, -0.2) is 0 Å². The van der Waals surface area contributed by atoms with Crippen LogP contribution in [0.25, 0.3) is 0 Å². The Labute approximate surface area is 124 Å². The lowest BCUT2D eigenvalue weighted by atomic mass is 10.1. The lowest BCUT2D eigenvalue weighted by molar-refractivity contribution is 0.110. The van der Waals surface area contributed by atoms with Crippen LogP contribution in [0.1, 0.15) is 52.0 Å². The molecule has 0 bridgehead atoms. The third-order valence-electron chi connectivity index (χ3n) is 4.03. The molecular weight excluding hydrogens is 244 g/mol. The highest BCUT2D eigenvalue weighted by molar-refractivity contribution is 5.16. The average molecular weight is 272 g/mol. The van der Waals surface area contributed by atoms with Crippen LogP contribution in [0.2, 0.25) is 0 Å². The van der Waals surface area contributed by atoms with Crippen molar-refractivity contribution in [1.82, 2.24) is 9.80 Å². The largest absolute Gasteiger partial charge is 0.354 e. The van der Waals surface area contributed by atoms with Gasteiger partial charge in [0.1, 0.15) is 6.17 Å². The van der Waals surface area contributed by atoms with Crippen LogP contribution in [0.4, 0.5) is 0 Å². The Morgan fingerprint density at radius 3 is 2.45 bits per heavy atom. The Hall–Kier alpha value is -1.44. The maximum Gasteiger partial charge on any atom is 0.101 e. The number of nitrogens with zero attached hydrogens (tertiary/aromatic N) is 2. The Balaban J connectivity index is 2.00. The summed E-state index contributed by atoms with van der Waals surface area (Å²) >= 11 is 0. The average Bonchev–Trinajstić information content (AvgIpc) is 2.83. The second-order valence-electron chi connectivity index (χ2n) is 5.97. The summed E-state index contributed by atoms with van der Waals surface area (Å²) in [6, 6.07) is 11.3. The van der Waals surface area contributed by atoms with Gasteiger partial charge in [0.05, 0.1) is 0 Å². The van der Waals surface area contributed by atoms with Crippen molar-refractivity contribution in [2.75, 3.05) is 0 Å². The molecule has 0 saturated heterocycles. The quantitative estimate of drug-likeness (QED) is 0.670. The predicted molar refractivity (Wildman–Crippen MR) is 86.0 cm³/mol. The first-order valence-corrected chi connectivity index (χ1v) is 7.97. The topological polar surface area (TPSA) is 6.48 Å². The van der Waals surface area contributed by atoms with Crippen LogP contribution < -0.4 is 0 Å². The van der Waals surface area contributed by atoms with Crippen LogP contribution in [-0.4, -0.2) is 22.0 Å². The SMILES string of the molecule is CCCCCC1N(Cc2ccccc2)C=CN1C(C)C. The second-order valence-corrected chi connectivity index (χ2v) is 5.97. The summed E-state index contributed by atoms with van der Waals surface area (Å²) in [5.74, 6) is 0. The number of hydrogen-bond donors (Lipinski definition) is 0. The van der Waals surface area contributed by atoms with Crippen molar-refractivity contribution in [3.63, 3.8) is 0 Å². The number of benzene rings is 1. The summed E-state index contributed by atoms with van der Waals surface area (Å²) < 4.78 is 0. The molecule has 1 heterocycles. The molecule has 0 aromatic heterocycles. The van der Waals surface area contributed by atoms with E-state index in [1.807, 2.05) is 0 Å². The molecule has 0 saturated carbocycles. The molecule has 0 N–H and O–H groups in total. The smallest absolute Gasteiger partial charge is 0.101 e. The molecule has 1 aliphatic rings. The fourth-order valence-corrected chi connectivity index (χ4v) is 2.89. The molecule has 1 unspecified atom stereocenters. The third-order valence-corrected chi connectivity index (χ3v) is 4.03. The second kappa shape index (κ2) is 7.37. The first-order chi connectivity index (χ1) is 9.72. The van der Waals surface area contributed by atoms with Gasteiger partial charge in [-0.1, -0.05) is 50.1 Å². The normalized spacial score (nSPS) is 18.3. The molecule has 2 heteroatoms. The zero-order chi connectivity index (χ0) is 14.4. The van der Waals surface area contributed by atoms with Gasteiger partial charge in [-0.05, 0) is 32.3 Å². The van der Waals surface area contributed by atoms with Crippen LogP contribution in [0.3, 0.4) is 0 Å². The van der Waals surface area contributed by atoms with Crippen molar-refractivity contribution in [3.05, 3.63) is 48.3 Å². The summed E-state index contributed by atoms with van der Waals surface area (Å²) in [6.07, 6.45) is 10.3. The van der Waals surface area contributed by atoms with Gasteiger partial charge in [-0.2, -0.15) is 0 Å². The molecule has 20 heavy (non-hydrogen) atoms. The van der Waals surface area contributed by atoms with Gasteiger partial charge < -0.3 is 9.80 Å². The van der Waals surface area contributed by atoms with Crippen LogP contribution in [-0.2, 0) is 6.54 Å². The summed E-state index contributed by atoms with van der Waals surface area (Å²) in [5.41, 5.74) is 1.39. The predicted octanol–water partition coefficient (Wildman–Crippen LogP) is 4.59. The van der Waals surface area contributed by atoms with Gasteiger partial charge in [0, 0.05) is 25.0 Å². The summed E-state index contributed by atoms with van der Waals surface area (Å²) in [4.78, 5) is 4.99. The van der Waals surface area contributed by atoms with E-state index in [1.165, 1.54) is 31.2 Å². The molecule has 0 spiro atoms. The summed E-state index contributed by atoms with van der Waals surface area (Å²) in [6.45, 7) is 7.85. The summed E-state index contributed by atoms with van der Waals surface area (Å²) in [5, 5.41) is 0. The van der Waals surface area contributed by atoms with Crippen LogP contribution >= 0.6 is 0 Å². The molecule has 2 rings (SSSR count). The standard InChI is InChI=1S/C18H28N2/c1-4-5-7-12-18-19(13-14-20(18)16(2)3)15-17-10-8-6-9-11-17/h6,8-11,13-14,16,18H,4-5,7,12,15H2,1-3H3. The number of unbranched alkanes of at least 4 members (excludes halogenated alkanes) is 2. The molecule has 2 nitrogen and oxygen atoms in total. The molecule has 0 aliphatic carbocycles. The van der Waals surface area contributed by atoms with Gasteiger partial charge in [0.15, 0.2) is 0 Å². The van der Waals surface area contributed by atoms with E-state index in [0.29, 0.717) is 12.2 Å². The van der Waals surface area contributed by atoms with Crippen LogP contribution in [0.5, 0.6) is 0 Å². The maximum atomic E-state index is 2.50. The van der Waals surface area contributed by atoms with E-state index in [4.69, 9.17) is 0 Å². The number of hydrogen-bond acceptors (Lipinski definition) is 2. The van der Waals surface area contributed by atoms with Crippen molar-refractivity contribution in [2.24, 2.45) is 0 Å². The summed E-state index contributed by atoms with van der Waals surface area (Å²) in [7, 11) is 0. The maximum absolute atomic E-state index is 2.50. The first-order valence-electron chi connectivity index (χ1n) is 7.97. The van der Waals surface area contributed by atoms with Gasteiger partial charge in [-0.15, -0.1) is 0 Å². The molecule has 1 aromatic carbocycles. The molecule has 1 atom stereocenters. The minimum absolute atomic E-state index is 0.529. The lowest BCUT2D eigenvalue weighted by Crippen LogP contribution is -2.41. The molecule has 0 amide bonds. The van der Waals surface area contributed by atoms with E-state index in [1.54, 1.807) is 0 Å². The van der Waals surface area contributed by atoms with Gasteiger partial charge in [0.2, 0.25) is 0 Å². The Bertz CT molecular complexity index is 411. The molecule has 1 aromatic rings. The fraction of sp³-hybridized carbons (Fsp3) is 0.556. The Kier molecular flexibility index (Phi) is 5.51. The van der Waals surface area contributed by atoms with Crippen LogP contribution in [0, 0.1) is 0 Å². The highest BCUT2D eigenvalue weighted by Gasteiger charge is 2.27. The monoisotopic (exact) mass is 272 g/mol. The Morgan fingerprint density at radius 2 is 1.80 bits per heavy atom. The number of rotatable bonds is 7. The van der Waals surface area contributed by atoms with E-state index in [2.05, 4.69) is 73.3 Å². The lowest BCUT2D eigenvalue weighted by Gasteiger charge is -2.35. The fourth-order valence-electron chi connectivity index (χ4n) is 2.89. The minimum Gasteiger partial charge on any atom is -0.354 e. The van der Waals surface area contributed by atoms with E-state index in [9.17, 15) is 0 Å². The van der Waals surface area contributed by atoms with E-state index < -0.39 is 0 Å². The van der Waals surface area contributed by atoms with Crippen molar-refractivity contribution in [3.8, 4) is 0 Å². The molecular formula is C18H28N2. The van der Waals surface area contributed by atoms with Crippen LogP contribution in [0.15, 0.2) is 42.7 Å². The van der Waals surface area contributed by atoms with Crippen molar-refractivity contribution < 1.29 is 0 Å². The molecule has 0 fully saturated rings. The van der Waals surface area contributed by atoms with E-state index in [0.717, 1.165) is 6.54 Å². The molecule has 1 aliphatic heterocycles. The van der Waals surface area contributed by atoms with Gasteiger partial charge >= 0.3 is 0 Å². The van der Waals surface area contributed by atoms with Gasteiger partial charge in [-0.3, -0.25) is 0 Å². The molecule has 0 radical (unpaired) electrons. The zero-order valence-electron chi connectivity index (χ0n) is 13.1. The zero-order valence-corrected chi connectivity index (χ0v) is 13.1. The Morgan fingerprint density at radius 1 is 1.05 bits per heavy atom. The van der Waals surface area contributed by atoms with Gasteiger partial charge in [0.25, 0.3) is 0 Å². The van der Waals surface area contributed by atoms with Crippen molar-refractivity contribution >= 4 is 0 Å². The van der Waals surface area contributed by atoms with E-state index in [-0.39, 0.29) is 0 Å². The minimum atomic E-state index is 0.529. The highest BCUT2D eigenvalue weighted by atomic mass is 15.4. The van der Waals surface area contributed by atoms with Crippen molar-refractivity contribution in [2.45, 2.75) is 65.2 Å². The first kappa shape index (κ1) is 15.0. The van der Waals surface area contributed by atoms with E-state index >= 15 is 0 Å².